The summed E-state index contributed by atoms with van der Waals surface area (Å²) in [5.41, 5.74) is 4.09. The zero-order valence-corrected chi connectivity index (χ0v) is 19.2. The van der Waals surface area contributed by atoms with Gasteiger partial charge in [-0.25, -0.2) is 4.68 Å². The number of aryl methyl sites for hydroxylation is 1. The Morgan fingerprint density at radius 2 is 2.03 bits per heavy atom. The number of ether oxygens (including phenoxy) is 2. The molecule has 0 unspecified atom stereocenters. The van der Waals surface area contributed by atoms with Gasteiger partial charge in [0.1, 0.15) is 23.1 Å². The third-order valence-corrected chi connectivity index (χ3v) is 4.99. The van der Waals surface area contributed by atoms with Crippen LogP contribution in [0.15, 0.2) is 60.3 Å². The number of benzene rings is 2. The van der Waals surface area contributed by atoms with Gasteiger partial charge in [0.2, 0.25) is 0 Å². The van der Waals surface area contributed by atoms with Crippen molar-refractivity contribution < 1.29 is 14.3 Å². The first-order chi connectivity index (χ1) is 16.1. The fourth-order valence-electron chi connectivity index (χ4n) is 3.36. The van der Waals surface area contributed by atoms with Crippen LogP contribution < -0.4 is 10.1 Å². The van der Waals surface area contributed by atoms with Gasteiger partial charge in [-0.1, -0.05) is 18.2 Å². The van der Waals surface area contributed by atoms with E-state index in [1.54, 1.807) is 17.9 Å². The summed E-state index contributed by atoms with van der Waals surface area (Å²) in [6, 6.07) is 17.6. The minimum Gasteiger partial charge on any atom is -0.494 e. The number of hydrogen-bond donors (Lipinski definition) is 1. The van der Waals surface area contributed by atoms with Gasteiger partial charge in [0.05, 0.1) is 12.3 Å². The summed E-state index contributed by atoms with van der Waals surface area (Å²) in [6.07, 6.45) is 4.08. The molecule has 0 atom stereocenters. The minimum absolute atomic E-state index is 0.0175. The van der Waals surface area contributed by atoms with Crippen molar-refractivity contribution >= 4 is 12.0 Å². The van der Waals surface area contributed by atoms with E-state index in [0.29, 0.717) is 37.4 Å². The van der Waals surface area contributed by atoms with Crippen molar-refractivity contribution in [2.45, 2.75) is 20.3 Å². The number of para-hydroxylation sites is 1. The predicted molar refractivity (Wildman–Crippen MR) is 128 cm³/mol. The number of hydrogen-bond acceptors (Lipinski definition) is 5. The molecule has 2 aromatic carbocycles. The Morgan fingerprint density at radius 1 is 1.24 bits per heavy atom. The van der Waals surface area contributed by atoms with Gasteiger partial charge >= 0.3 is 0 Å². The molecule has 0 saturated carbocycles. The molecule has 1 aromatic heterocycles. The van der Waals surface area contributed by atoms with Crippen molar-refractivity contribution in [2.75, 3.05) is 26.9 Å². The minimum atomic E-state index is -0.421. The lowest BCUT2D eigenvalue weighted by molar-refractivity contribution is -0.117. The molecular weight excluding hydrogens is 416 g/mol. The summed E-state index contributed by atoms with van der Waals surface area (Å²) in [5.74, 6) is 0.392. The van der Waals surface area contributed by atoms with Gasteiger partial charge in [0.25, 0.3) is 5.91 Å². The van der Waals surface area contributed by atoms with Crippen LogP contribution in [0.2, 0.25) is 0 Å². The highest BCUT2D eigenvalue weighted by molar-refractivity contribution is 6.02. The van der Waals surface area contributed by atoms with Crippen molar-refractivity contribution in [1.29, 1.82) is 5.26 Å². The first-order valence-electron chi connectivity index (χ1n) is 10.8. The maximum Gasteiger partial charge on any atom is 0.261 e. The lowest BCUT2D eigenvalue weighted by Gasteiger charge is -2.09. The number of aromatic nitrogens is 2. The number of nitriles is 1. The maximum atomic E-state index is 12.6. The number of methoxy groups -OCH3 is 1. The summed E-state index contributed by atoms with van der Waals surface area (Å²) in [5, 5.41) is 17.2. The number of carbonyl (C=O) groups is 1. The summed E-state index contributed by atoms with van der Waals surface area (Å²) in [7, 11) is 1.61. The molecule has 1 heterocycles. The number of nitrogens with zero attached hydrogens (tertiary/aromatic N) is 3. The molecule has 0 saturated heterocycles. The Kier molecular flexibility index (Phi) is 8.39. The number of rotatable bonds is 10. The molecule has 0 fully saturated rings. The van der Waals surface area contributed by atoms with E-state index < -0.39 is 5.91 Å². The molecule has 1 amide bonds. The fourth-order valence-corrected chi connectivity index (χ4v) is 3.36. The van der Waals surface area contributed by atoms with Crippen LogP contribution in [0.25, 0.3) is 23.0 Å². The first-order valence-corrected chi connectivity index (χ1v) is 10.8. The summed E-state index contributed by atoms with van der Waals surface area (Å²) in [4.78, 5) is 12.6. The second-order valence-electron chi connectivity index (χ2n) is 7.40. The molecule has 3 rings (SSSR count). The van der Waals surface area contributed by atoms with Crippen LogP contribution in [-0.4, -0.2) is 42.6 Å². The molecule has 0 radical (unpaired) electrons. The van der Waals surface area contributed by atoms with Gasteiger partial charge in [0.15, 0.2) is 0 Å². The lowest BCUT2D eigenvalue weighted by atomic mass is 10.0. The fraction of sp³-hybridized carbons (Fsp3) is 0.269. The second-order valence-corrected chi connectivity index (χ2v) is 7.40. The Balaban J connectivity index is 2.01. The normalized spacial score (nSPS) is 11.2. The molecule has 0 bridgehead atoms. The van der Waals surface area contributed by atoms with E-state index in [9.17, 15) is 10.1 Å². The summed E-state index contributed by atoms with van der Waals surface area (Å²) >= 11 is 0. The van der Waals surface area contributed by atoms with Crippen LogP contribution in [0.1, 0.15) is 24.5 Å². The molecule has 0 aliphatic carbocycles. The van der Waals surface area contributed by atoms with E-state index in [1.807, 2.05) is 74.6 Å². The molecule has 0 aliphatic rings. The first kappa shape index (κ1) is 23.8. The van der Waals surface area contributed by atoms with Gasteiger partial charge in [-0.05, 0) is 62.2 Å². The van der Waals surface area contributed by atoms with Gasteiger partial charge in [0, 0.05) is 37.6 Å². The van der Waals surface area contributed by atoms with Gasteiger partial charge in [-0.3, -0.25) is 4.79 Å². The zero-order chi connectivity index (χ0) is 23.6. The molecule has 33 heavy (non-hydrogen) atoms. The number of carbonyl (C=O) groups excluding carboxylic acids is 1. The van der Waals surface area contributed by atoms with E-state index in [4.69, 9.17) is 14.6 Å². The van der Waals surface area contributed by atoms with Crippen LogP contribution >= 0.6 is 0 Å². The van der Waals surface area contributed by atoms with Crippen molar-refractivity contribution in [2.24, 2.45) is 0 Å². The highest BCUT2D eigenvalue weighted by Crippen LogP contribution is 2.29. The smallest absolute Gasteiger partial charge is 0.261 e. The standard InChI is InChI=1S/C26H28N4O3/c1-4-33-24-12-11-20(15-19(24)2)25-22(18-30(29-25)23-9-6-5-7-10-23)16-21(17-27)26(31)28-13-8-14-32-3/h5-7,9-12,15-16,18H,4,8,13-14H2,1-3H3,(H,28,31)/b21-16+. The SMILES string of the molecule is CCOc1ccc(-c2nn(-c3ccccc3)cc2/C=C(\C#N)C(=O)NCCCOC)cc1C. The van der Waals surface area contributed by atoms with Crippen molar-refractivity contribution in [3.8, 4) is 28.8 Å². The average molecular weight is 445 g/mol. The Labute approximate surface area is 194 Å². The van der Waals surface area contributed by atoms with Crippen molar-refractivity contribution in [3.05, 3.63) is 71.4 Å². The monoisotopic (exact) mass is 444 g/mol. The molecule has 0 aliphatic heterocycles. The quantitative estimate of drug-likeness (QED) is 0.286. The van der Waals surface area contributed by atoms with E-state index in [2.05, 4.69) is 5.32 Å². The third-order valence-electron chi connectivity index (χ3n) is 4.99. The molecule has 7 heteroatoms. The number of amides is 1. The molecule has 7 nitrogen and oxygen atoms in total. The van der Waals surface area contributed by atoms with Crippen LogP contribution in [-0.2, 0) is 9.53 Å². The average Bonchev–Trinajstić information content (AvgIpc) is 3.26. The predicted octanol–water partition coefficient (Wildman–Crippen LogP) is 4.31. The van der Waals surface area contributed by atoms with E-state index in [1.165, 1.54) is 0 Å². The highest BCUT2D eigenvalue weighted by atomic mass is 16.5. The molecular formula is C26H28N4O3. The van der Waals surface area contributed by atoms with Crippen LogP contribution in [0, 0.1) is 18.3 Å². The molecule has 3 aromatic rings. The third kappa shape index (κ3) is 6.09. The van der Waals surface area contributed by atoms with Gasteiger partial charge < -0.3 is 14.8 Å². The van der Waals surface area contributed by atoms with Crippen LogP contribution in [0.4, 0.5) is 0 Å². The van der Waals surface area contributed by atoms with E-state index in [0.717, 1.165) is 22.6 Å². The topological polar surface area (TPSA) is 89.2 Å². The summed E-state index contributed by atoms with van der Waals surface area (Å²) < 4.78 is 12.4. The van der Waals surface area contributed by atoms with Crippen molar-refractivity contribution in [1.82, 2.24) is 15.1 Å². The van der Waals surface area contributed by atoms with Crippen molar-refractivity contribution in [3.63, 3.8) is 0 Å². The van der Waals surface area contributed by atoms with Crippen LogP contribution in [0.5, 0.6) is 5.75 Å². The van der Waals surface area contributed by atoms with Gasteiger partial charge in [-0.2, -0.15) is 10.4 Å². The van der Waals surface area contributed by atoms with E-state index in [-0.39, 0.29) is 5.57 Å². The van der Waals surface area contributed by atoms with E-state index >= 15 is 0 Å². The Morgan fingerprint density at radius 3 is 2.70 bits per heavy atom. The molecule has 170 valence electrons. The largest absolute Gasteiger partial charge is 0.494 e. The van der Waals surface area contributed by atoms with Crippen LogP contribution in [0.3, 0.4) is 0 Å². The molecule has 1 N–H and O–H groups in total. The highest BCUT2D eigenvalue weighted by Gasteiger charge is 2.16. The Bertz CT molecular complexity index is 1160. The van der Waals surface area contributed by atoms with Gasteiger partial charge in [-0.15, -0.1) is 0 Å². The maximum absolute atomic E-state index is 12.6. The second kappa shape index (κ2) is 11.7. The number of nitrogens with one attached hydrogen (secondary N) is 1. The zero-order valence-electron chi connectivity index (χ0n) is 19.2. The lowest BCUT2D eigenvalue weighted by Crippen LogP contribution is -2.26. The molecule has 0 spiro atoms. The Hall–Kier alpha value is -3.89. The summed E-state index contributed by atoms with van der Waals surface area (Å²) in [6.45, 7) is 5.48.